The van der Waals surface area contributed by atoms with Crippen LogP contribution in [0.25, 0.3) is 0 Å². The van der Waals surface area contributed by atoms with Crippen LogP contribution in [-0.4, -0.2) is 37.0 Å². The van der Waals surface area contributed by atoms with Crippen LogP contribution in [0.1, 0.15) is 5.56 Å². The fourth-order valence-electron chi connectivity index (χ4n) is 2.92. The molecular weight excluding hydrogens is 365 g/mol. The molecule has 0 amide bonds. The molecule has 25 heavy (non-hydrogen) atoms. The van der Waals surface area contributed by atoms with Crippen LogP contribution >= 0.6 is 23.2 Å². The average Bonchev–Trinajstić information content (AvgIpc) is 3.31. The summed E-state index contributed by atoms with van der Waals surface area (Å²) in [7, 11) is 0. The Kier molecular flexibility index (Phi) is 4.47. The molecule has 130 valence electrons. The van der Waals surface area contributed by atoms with Crippen LogP contribution < -0.4 is 0 Å². The molecule has 7 nitrogen and oxygen atoms in total. The highest BCUT2D eigenvalue weighted by Gasteiger charge is 2.45. The number of benzene rings is 1. The lowest BCUT2D eigenvalue weighted by Crippen LogP contribution is -2.34. The fourth-order valence-corrected chi connectivity index (χ4v) is 3.47. The lowest BCUT2D eigenvalue weighted by atomic mass is 10.1. The van der Waals surface area contributed by atoms with Crippen LogP contribution in [-0.2, 0) is 28.4 Å². The van der Waals surface area contributed by atoms with E-state index in [2.05, 4.69) is 15.1 Å². The van der Waals surface area contributed by atoms with Crippen LogP contribution in [0.2, 0.25) is 10.0 Å². The summed E-state index contributed by atoms with van der Waals surface area (Å²) in [6.45, 7) is 1.38. The molecule has 0 unspecified atom stereocenters. The second-order valence-corrected chi connectivity index (χ2v) is 6.62. The van der Waals surface area contributed by atoms with Gasteiger partial charge in [-0.1, -0.05) is 29.3 Å². The molecule has 0 bridgehead atoms. The molecule has 0 N–H and O–H groups in total. The average molecular weight is 380 g/mol. The molecule has 1 aliphatic rings. The highest BCUT2D eigenvalue weighted by Crippen LogP contribution is 2.40. The summed E-state index contributed by atoms with van der Waals surface area (Å²) in [5.41, 5.74) is 0.710. The van der Waals surface area contributed by atoms with E-state index < -0.39 is 5.79 Å². The van der Waals surface area contributed by atoms with E-state index in [1.807, 2.05) is 16.8 Å². The Bertz CT molecular complexity index is 840. The third kappa shape index (κ3) is 3.41. The molecule has 0 spiro atoms. The number of hydrogen-bond acceptors (Lipinski definition) is 5. The maximum atomic E-state index is 6.42. The number of aromatic nitrogens is 5. The normalized spacial score (nSPS) is 23.2. The minimum atomic E-state index is -1.05. The monoisotopic (exact) mass is 379 g/mol. The first-order valence-corrected chi connectivity index (χ1v) is 8.46. The number of nitrogens with zero attached hydrogens (tertiary/aromatic N) is 5. The van der Waals surface area contributed by atoms with Crippen molar-refractivity contribution >= 4 is 23.2 Å². The molecule has 0 aliphatic carbocycles. The third-order valence-electron chi connectivity index (χ3n) is 4.01. The van der Waals surface area contributed by atoms with E-state index >= 15 is 0 Å². The smallest absolute Gasteiger partial charge is 0.217 e. The van der Waals surface area contributed by atoms with Gasteiger partial charge >= 0.3 is 0 Å². The van der Waals surface area contributed by atoms with Gasteiger partial charge in [0.25, 0.3) is 0 Å². The largest absolute Gasteiger partial charge is 0.342 e. The quantitative estimate of drug-likeness (QED) is 0.681. The van der Waals surface area contributed by atoms with E-state index in [1.54, 1.807) is 35.7 Å². The van der Waals surface area contributed by atoms with Crippen molar-refractivity contribution in [1.82, 2.24) is 24.3 Å². The summed E-state index contributed by atoms with van der Waals surface area (Å²) in [5, 5.41) is 5.20. The predicted molar refractivity (Wildman–Crippen MR) is 91.2 cm³/mol. The third-order valence-corrected chi connectivity index (χ3v) is 4.56. The van der Waals surface area contributed by atoms with E-state index in [-0.39, 0.29) is 6.10 Å². The minimum Gasteiger partial charge on any atom is -0.342 e. The van der Waals surface area contributed by atoms with Gasteiger partial charge in [0.15, 0.2) is 0 Å². The van der Waals surface area contributed by atoms with Gasteiger partial charge in [-0.25, -0.2) is 14.6 Å². The number of rotatable bonds is 5. The lowest BCUT2D eigenvalue weighted by molar-refractivity contribution is -0.189. The topological polar surface area (TPSA) is 67.0 Å². The first-order valence-electron chi connectivity index (χ1n) is 7.70. The molecule has 1 fully saturated rings. The van der Waals surface area contributed by atoms with Gasteiger partial charge in [-0.15, -0.1) is 0 Å². The first kappa shape index (κ1) is 16.5. The Morgan fingerprint density at radius 1 is 1.24 bits per heavy atom. The second kappa shape index (κ2) is 6.76. The van der Waals surface area contributed by atoms with Crippen molar-refractivity contribution in [2.24, 2.45) is 0 Å². The SMILES string of the molecule is Clc1ccc([C@@]2(Cn3cncn3)OC[C@H](Cn3ccnc3)O2)c(Cl)c1. The second-order valence-electron chi connectivity index (χ2n) is 5.78. The van der Waals surface area contributed by atoms with E-state index in [0.717, 1.165) is 0 Å². The van der Waals surface area contributed by atoms with Crippen molar-refractivity contribution in [2.45, 2.75) is 25.0 Å². The molecule has 2 aromatic heterocycles. The maximum absolute atomic E-state index is 6.42. The van der Waals surface area contributed by atoms with Gasteiger partial charge in [-0.05, 0) is 12.1 Å². The molecule has 1 aliphatic heterocycles. The van der Waals surface area contributed by atoms with E-state index in [0.29, 0.717) is 35.3 Å². The summed E-state index contributed by atoms with van der Waals surface area (Å²) >= 11 is 12.5. The molecule has 1 saturated heterocycles. The van der Waals surface area contributed by atoms with Crippen molar-refractivity contribution in [2.75, 3.05) is 6.61 Å². The molecule has 3 heterocycles. The van der Waals surface area contributed by atoms with Crippen LogP contribution in [0, 0.1) is 0 Å². The zero-order chi connectivity index (χ0) is 17.3. The maximum Gasteiger partial charge on any atom is 0.217 e. The van der Waals surface area contributed by atoms with Gasteiger partial charge in [0, 0.05) is 23.0 Å². The molecule has 4 rings (SSSR count). The first-order chi connectivity index (χ1) is 12.1. The van der Waals surface area contributed by atoms with Gasteiger partial charge < -0.3 is 14.0 Å². The number of ether oxygens (including phenoxy) is 2. The Morgan fingerprint density at radius 2 is 2.16 bits per heavy atom. The summed E-state index contributed by atoms with van der Waals surface area (Å²) in [4.78, 5) is 8.03. The molecule has 9 heteroatoms. The van der Waals surface area contributed by atoms with Crippen LogP contribution in [0.5, 0.6) is 0 Å². The van der Waals surface area contributed by atoms with Crippen molar-refractivity contribution in [3.63, 3.8) is 0 Å². The van der Waals surface area contributed by atoms with Crippen molar-refractivity contribution in [3.05, 3.63) is 65.2 Å². The Morgan fingerprint density at radius 3 is 2.88 bits per heavy atom. The predicted octanol–water partition coefficient (Wildman–Crippen LogP) is 2.75. The number of imidazole rings is 1. The fraction of sp³-hybridized carbons (Fsp3) is 0.312. The molecule has 1 aromatic carbocycles. The summed E-state index contributed by atoms with van der Waals surface area (Å²) in [6, 6.07) is 5.26. The Balaban J connectivity index is 1.65. The Labute approximate surface area is 154 Å². The standard InChI is InChI=1S/C16H15Cl2N5O2/c17-12-1-2-14(15(18)5-12)16(8-23-11-20-9-21-23)24-7-13(25-16)6-22-4-3-19-10-22/h1-5,9-11,13H,6-8H2/t13-,16-/m0/s1. The van der Waals surface area contributed by atoms with Crippen molar-refractivity contribution in [1.29, 1.82) is 0 Å². The van der Waals surface area contributed by atoms with E-state index in [4.69, 9.17) is 32.7 Å². The van der Waals surface area contributed by atoms with Crippen molar-refractivity contribution in [3.8, 4) is 0 Å². The van der Waals surface area contributed by atoms with E-state index in [1.165, 1.54) is 6.33 Å². The van der Waals surface area contributed by atoms with Gasteiger partial charge in [0.05, 0.1) is 24.5 Å². The Hall–Kier alpha value is -1.93. The molecule has 0 saturated carbocycles. The minimum absolute atomic E-state index is 0.149. The molecular formula is C16H15Cl2N5O2. The molecule has 3 aromatic rings. The summed E-state index contributed by atoms with van der Waals surface area (Å²) in [5.74, 6) is -1.05. The highest BCUT2D eigenvalue weighted by molar-refractivity contribution is 6.35. The zero-order valence-corrected chi connectivity index (χ0v) is 14.6. The van der Waals surface area contributed by atoms with Gasteiger partial charge in [-0.3, -0.25) is 0 Å². The van der Waals surface area contributed by atoms with Crippen LogP contribution in [0.15, 0.2) is 49.6 Å². The zero-order valence-electron chi connectivity index (χ0n) is 13.1. The van der Waals surface area contributed by atoms with Crippen LogP contribution in [0.3, 0.4) is 0 Å². The van der Waals surface area contributed by atoms with E-state index in [9.17, 15) is 0 Å². The lowest BCUT2D eigenvalue weighted by Gasteiger charge is -2.29. The van der Waals surface area contributed by atoms with Gasteiger partial charge in [-0.2, -0.15) is 5.10 Å². The number of halogens is 2. The van der Waals surface area contributed by atoms with Gasteiger partial charge in [0.2, 0.25) is 5.79 Å². The van der Waals surface area contributed by atoms with Crippen molar-refractivity contribution < 1.29 is 9.47 Å². The highest BCUT2D eigenvalue weighted by atomic mass is 35.5. The summed E-state index contributed by atoms with van der Waals surface area (Å²) < 4.78 is 16.0. The van der Waals surface area contributed by atoms with Gasteiger partial charge in [0.1, 0.15) is 25.3 Å². The number of hydrogen-bond donors (Lipinski definition) is 0. The van der Waals surface area contributed by atoms with Crippen LogP contribution in [0.4, 0.5) is 0 Å². The molecule has 0 radical (unpaired) electrons. The molecule has 2 atom stereocenters. The summed E-state index contributed by atoms with van der Waals surface area (Å²) in [6.07, 6.45) is 8.29.